The van der Waals surface area contributed by atoms with Gasteiger partial charge in [-0.3, -0.25) is 33.6 Å². The number of Topliss-reactive ketones (excluding diaryl/α,β-unsaturated/α-hetero) is 1. The number of carbonyl (C=O) groups excluding carboxylic acids is 7. The lowest BCUT2D eigenvalue weighted by atomic mass is 9.74. The van der Waals surface area contributed by atoms with Crippen molar-refractivity contribution in [2.45, 2.75) is 64.1 Å². The van der Waals surface area contributed by atoms with E-state index in [9.17, 15) is 38.7 Å². The number of nitrogens with one attached hydrogen (secondary N) is 5. The molecule has 328 valence electrons. The van der Waals surface area contributed by atoms with Crippen molar-refractivity contribution in [3.63, 3.8) is 0 Å². The van der Waals surface area contributed by atoms with E-state index < -0.39 is 47.0 Å². The molecule has 0 aromatic heterocycles. The number of fused-ring (bicyclic) bond motifs is 3. The summed E-state index contributed by atoms with van der Waals surface area (Å²) < 4.78 is 0. The number of carbonyl (C=O) groups is 7. The Hall–Kier alpha value is -6.93. The number of rotatable bonds is 9. The smallest absolute Gasteiger partial charge is 0.246 e. The second kappa shape index (κ2) is 21.7. The first-order valence-corrected chi connectivity index (χ1v) is 21.3. The zero-order chi connectivity index (χ0) is 44.8. The van der Waals surface area contributed by atoms with Crippen molar-refractivity contribution in [3.05, 3.63) is 143 Å². The molecule has 2 bridgehead atoms. The van der Waals surface area contributed by atoms with Crippen LogP contribution in [0.4, 0.5) is 0 Å². The third-order valence-electron chi connectivity index (χ3n) is 11.5. The van der Waals surface area contributed by atoms with Crippen molar-refractivity contribution in [2.24, 2.45) is 5.41 Å². The van der Waals surface area contributed by atoms with E-state index in [1.807, 2.05) is 66.7 Å². The highest BCUT2D eigenvalue weighted by atomic mass is 16.3. The fourth-order valence-electron chi connectivity index (χ4n) is 8.05. The van der Waals surface area contributed by atoms with Crippen molar-refractivity contribution in [3.8, 4) is 11.1 Å². The summed E-state index contributed by atoms with van der Waals surface area (Å²) >= 11 is 0. The standard InChI is InChI=1S/C49H54N6O8/c1-33(57)36-16-18-38(19-17-36)37-14-12-34(13-15-37)28-42-47(62)52-31-40-11-6-5-10-39(40)29-44(59)53-41(46(61)51-25-27-56)22-24-50-43(58)20-21-45(60)55-26-7-23-49(32-55,48(63)54-42)30-35-8-3-2-4-9-35/h2-6,8-21,41-42,56H,7,22-32H2,1H3,(H,50,58)(H,51,61)(H,52,62)(H,53,59)(H,54,63)/b21-20+/t41-,42-,49-/m0/s1. The van der Waals surface area contributed by atoms with Crippen LogP contribution in [0.3, 0.4) is 0 Å². The van der Waals surface area contributed by atoms with Crippen LogP contribution in [-0.4, -0.2) is 96.1 Å². The molecule has 14 nitrogen and oxygen atoms in total. The molecule has 1 fully saturated rings. The first-order chi connectivity index (χ1) is 30.4. The fraction of sp³-hybridized carbons (Fsp3) is 0.327. The maximum Gasteiger partial charge on any atom is 0.246 e. The lowest BCUT2D eigenvalue weighted by Gasteiger charge is -2.42. The molecule has 2 aliphatic rings. The molecule has 0 saturated carbocycles. The highest BCUT2D eigenvalue weighted by Gasteiger charge is 2.44. The van der Waals surface area contributed by atoms with Crippen molar-refractivity contribution in [1.29, 1.82) is 0 Å². The highest BCUT2D eigenvalue weighted by Crippen LogP contribution is 2.35. The number of ketones is 1. The second-order valence-electron chi connectivity index (χ2n) is 16.1. The molecule has 2 heterocycles. The number of aliphatic hydroxyl groups is 1. The van der Waals surface area contributed by atoms with Gasteiger partial charge in [-0.1, -0.05) is 103 Å². The van der Waals surface area contributed by atoms with Crippen LogP contribution in [0.1, 0.15) is 58.8 Å². The van der Waals surface area contributed by atoms with E-state index in [2.05, 4.69) is 26.6 Å². The van der Waals surface area contributed by atoms with Gasteiger partial charge in [0.1, 0.15) is 12.1 Å². The number of aliphatic hydroxyl groups excluding tert-OH is 1. The molecular weight excluding hydrogens is 801 g/mol. The highest BCUT2D eigenvalue weighted by molar-refractivity contribution is 5.98. The lowest BCUT2D eigenvalue weighted by Crippen LogP contribution is -2.58. The van der Waals surface area contributed by atoms with Crippen molar-refractivity contribution in [1.82, 2.24) is 31.5 Å². The average molecular weight is 855 g/mol. The summed E-state index contributed by atoms with van der Waals surface area (Å²) in [6.07, 6.45) is 3.51. The molecule has 3 atom stereocenters. The second-order valence-corrected chi connectivity index (χ2v) is 16.1. The van der Waals surface area contributed by atoms with E-state index in [1.54, 1.807) is 41.3 Å². The Balaban J connectivity index is 1.33. The first kappa shape index (κ1) is 45.6. The van der Waals surface area contributed by atoms with E-state index in [1.165, 1.54) is 6.92 Å². The molecule has 6 N–H and O–H groups in total. The minimum absolute atomic E-state index is 0.0110. The molecule has 14 heteroatoms. The Bertz CT molecular complexity index is 2310. The van der Waals surface area contributed by atoms with Crippen LogP contribution in [0, 0.1) is 5.41 Å². The van der Waals surface area contributed by atoms with Gasteiger partial charge in [-0.2, -0.15) is 0 Å². The molecule has 2 aliphatic heterocycles. The molecule has 4 aromatic carbocycles. The van der Waals surface area contributed by atoms with Crippen LogP contribution in [0.2, 0.25) is 0 Å². The summed E-state index contributed by atoms with van der Waals surface area (Å²) in [6, 6.07) is 29.4. The SMILES string of the molecule is CC(=O)c1ccc(-c2ccc(C[C@@H]3NC(=O)[C@]4(Cc5ccccc5)CCCN(C4)C(=O)/C=C/C(=O)NCC[C@@H](C(=O)NCCO)NC(=O)Cc4ccccc4CNC3=O)cc2)cc1. The van der Waals surface area contributed by atoms with E-state index in [-0.39, 0.29) is 63.7 Å². The number of benzene rings is 4. The Kier molecular flexibility index (Phi) is 15.7. The van der Waals surface area contributed by atoms with Gasteiger partial charge in [0.05, 0.1) is 18.4 Å². The van der Waals surface area contributed by atoms with Gasteiger partial charge >= 0.3 is 0 Å². The van der Waals surface area contributed by atoms with Crippen molar-refractivity contribution in [2.75, 3.05) is 32.8 Å². The summed E-state index contributed by atoms with van der Waals surface area (Å²) in [6.45, 7) is 1.60. The van der Waals surface area contributed by atoms with Crippen LogP contribution in [-0.2, 0) is 54.6 Å². The van der Waals surface area contributed by atoms with E-state index >= 15 is 0 Å². The monoisotopic (exact) mass is 854 g/mol. The molecule has 63 heavy (non-hydrogen) atoms. The van der Waals surface area contributed by atoms with Gasteiger partial charge < -0.3 is 36.6 Å². The van der Waals surface area contributed by atoms with Crippen LogP contribution in [0.5, 0.6) is 0 Å². The average Bonchev–Trinajstić information content (AvgIpc) is 3.29. The van der Waals surface area contributed by atoms with Gasteiger partial charge in [0, 0.05) is 56.9 Å². The predicted molar refractivity (Wildman–Crippen MR) is 237 cm³/mol. The molecule has 0 spiro atoms. The Morgan fingerprint density at radius 3 is 2.17 bits per heavy atom. The Labute approximate surface area is 366 Å². The largest absolute Gasteiger partial charge is 0.395 e. The molecule has 4 aromatic rings. The number of amides is 6. The Morgan fingerprint density at radius 2 is 1.48 bits per heavy atom. The molecule has 0 radical (unpaired) electrons. The van der Waals surface area contributed by atoms with E-state index in [4.69, 9.17) is 0 Å². The number of hydrogen-bond acceptors (Lipinski definition) is 8. The lowest BCUT2D eigenvalue weighted by molar-refractivity contribution is -0.141. The van der Waals surface area contributed by atoms with E-state index in [0.29, 0.717) is 42.5 Å². The first-order valence-electron chi connectivity index (χ1n) is 21.3. The fourth-order valence-corrected chi connectivity index (χ4v) is 8.05. The normalized spacial score (nSPS) is 20.9. The molecule has 6 amide bonds. The number of hydrogen-bond donors (Lipinski definition) is 6. The third kappa shape index (κ3) is 12.6. The molecular formula is C49H54N6O8. The van der Waals surface area contributed by atoms with Crippen LogP contribution < -0.4 is 26.6 Å². The molecule has 0 aliphatic carbocycles. The summed E-state index contributed by atoms with van der Waals surface area (Å²) in [5.41, 5.74) is 4.21. The zero-order valence-corrected chi connectivity index (χ0v) is 35.4. The van der Waals surface area contributed by atoms with E-state index in [0.717, 1.165) is 34.4 Å². The summed E-state index contributed by atoms with van der Waals surface area (Å²) in [7, 11) is 0. The third-order valence-corrected chi connectivity index (χ3v) is 11.5. The van der Waals surface area contributed by atoms with Gasteiger partial charge in [0.25, 0.3) is 0 Å². The quantitative estimate of drug-likeness (QED) is 0.138. The minimum atomic E-state index is -1.12. The minimum Gasteiger partial charge on any atom is -0.395 e. The van der Waals surface area contributed by atoms with Crippen LogP contribution in [0.15, 0.2) is 115 Å². The summed E-state index contributed by atoms with van der Waals surface area (Å²) in [4.78, 5) is 95.6. The van der Waals surface area contributed by atoms with Crippen LogP contribution >= 0.6 is 0 Å². The Morgan fingerprint density at radius 1 is 0.794 bits per heavy atom. The van der Waals surface area contributed by atoms with Gasteiger partial charge in [0.15, 0.2) is 5.78 Å². The number of nitrogens with zero attached hydrogens (tertiary/aromatic N) is 1. The topological polar surface area (TPSA) is 203 Å². The van der Waals surface area contributed by atoms with Gasteiger partial charge in [-0.05, 0) is 66.0 Å². The predicted octanol–water partition coefficient (Wildman–Crippen LogP) is 2.96. The molecule has 6 rings (SSSR count). The zero-order valence-electron chi connectivity index (χ0n) is 35.4. The van der Waals surface area contributed by atoms with Gasteiger partial charge in [-0.15, -0.1) is 0 Å². The maximum absolute atomic E-state index is 14.9. The number of piperidine rings is 1. The molecule has 1 saturated heterocycles. The van der Waals surface area contributed by atoms with Gasteiger partial charge in [0.2, 0.25) is 35.4 Å². The van der Waals surface area contributed by atoms with Crippen molar-refractivity contribution < 1.29 is 38.7 Å². The summed E-state index contributed by atoms with van der Waals surface area (Å²) in [5, 5.41) is 23.3. The maximum atomic E-state index is 14.9. The molecule has 0 unspecified atom stereocenters. The van der Waals surface area contributed by atoms with Crippen molar-refractivity contribution >= 4 is 41.2 Å². The van der Waals surface area contributed by atoms with Crippen LogP contribution in [0.25, 0.3) is 11.1 Å². The summed E-state index contributed by atoms with van der Waals surface area (Å²) in [5.74, 6) is -2.94. The van der Waals surface area contributed by atoms with Gasteiger partial charge in [-0.25, -0.2) is 0 Å².